The van der Waals surface area contributed by atoms with Gasteiger partial charge in [-0.15, -0.1) is 0 Å². The van der Waals surface area contributed by atoms with Crippen LogP contribution in [0.5, 0.6) is 0 Å². The van der Waals surface area contributed by atoms with E-state index >= 15 is 0 Å². The van der Waals surface area contributed by atoms with E-state index in [9.17, 15) is 5.11 Å². The zero-order valence-corrected chi connectivity index (χ0v) is 9.93. The molecule has 3 rings (SSSR count). The molecule has 1 heterocycles. The molecule has 0 aromatic heterocycles. The summed E-state index contributed by atoms with van der Waals surface area (Å²) in [5.41, 5.74) is 2.70. The summed E-state index contributed by atoms with van der Waals surface area (Å²) >= 11 is 0. The monoisotopic (exact) mass is 230 g/mol. The average Bonchev–Trinajstić information content (AvgIpc) is 2.91. The summed E-state index contributed by atoms with van der Waals surface area (Å²) in [5, 5.41) is 10.4. The van der Waals surface area contributed by atoms with Crippen LogP contribution in [0.2, 0.25) is 0 Å². The van der Waals surface area contributed by atoms with Crippen LogP contribution in [0, 0.1) is 0 Å². The minimum absolute atomic E-state index is 0.212. The minimum Gasteiger partial charge on any atom is -0.495 e. The molecular weight excluding hydrogens is 212 g/mol. The van der Waals surface area contributed by atoms with Crippen molar-refractivity contribution in [3.8, 4) is 0 Å². The molecular formula is C15H18O2. The first-order valence-corrected chi connectivity index (χ1v) is 6.45. The Morgan fingerprint density at radius 1 is 1.29 bits per heavy atom. The Labute approximate surface area is 102 Å². The largest absolute Gasteiger partial charge is 0.495 e. The predicted molar refractivity (Wildman–Crippen MR) is 66.8 cm³/mol. The number of aryl methyl sites for hydroxylation is 1. The molecule has 0 radical (unpaired) electrons. The molecule has 0 saturated carbocycles. The summed E-state index contributed by atoms with van der Waals surface area (Å²) in [6.07, 6.45) is 5.85. The fourth-order valence-electron chi connectivity index (χ4n) is 2.96. The van der Waals surface area contributed by atoms with E-state index in [1.807, 2.05) is 6.08 Å². The smallest absolute Gasteiger partial charge is 0.121 e. The fraction of sp³-hybridized carbons (Fsp3) is 0.467. The SMILES string of the molecule is OC(C1=CCCO1)C1CCCc2ccccc21. The second-order valence-corrected chi connectivity index (χ2v) is 4.89. The van der Waals surface area contributed by atoms with Crippen LogP contribution >= 0.6 is 0 Å². The summed E-state index contributed by atoms with van der Waals surface area (Å²) in [4.78, 5) is 0. The van der Waals surface area contributed by atoms with Crippen molar-refractivity contribution < 1.29 is 9.84 Å². The van der Waals surface area contributed by atoms with Crippen LogP contribution in [0.4, 0.5) is 0 Å². The molecule has 2 unspecified atom stereocenters. The van der Waals surface area contributed by atoms with Crippen molar-refractivity contribution in [1.82, 2.24) is 0 Å². The van der Waals surface area contributed by atoms with Gasteiger partial charge in [-0.25, -0.2) is 0 Å². The summed E-state index contributed by atoms with van der Waals surface area (Å²) in [6, 6.07) is 8.47. The molecule has 2 nitrogen and oxygen atoms in total. The Hall–Kier alpha value is -1.28. The van der Waals surface area contributed by atoms with Crippen LogP contribution in [0.15, 0.2) is 36.1 Å². The lowest BCUT2D eigenvalue weighted by Gasteiger charge is -2.29. The summed E-state index contributed by atoms with van der Waals surface area (Å²) < 4.78 is 5.49. The van der Waals surface area contributed by atoms with Crippen LogP contribution in [-0.2, 0) is 11.2 Å². The second-order valence-electron chi connectivity index (χ2n) is 4.89. The number of rotatable bonds is 2. The molecule has 1 aromatic rings. The lowest BCUT2D eigenvalue weighted by atomic mass is 9.79. The molecule has 1 aromatic carbocycles. The third-order valence-corrected chi connectivity index (χ3v) is 3.82. The Balaban J connectivity index is 1.89. The molecule has 1 aliphatic heterocycles. The molecule has 17 heavy (non-hydrogen) atoms. The van der Waals surface area contributed by atoms with Crippen molar-refractivity contribution >= 4 is 0 Å². The van der Waals surface area contributed by atoms with E-state index in [0.29, 0.717) is 0 Å². The molecule has 0 spiro atoms. The highest BCUT2D eigenvalue weighted by Crippen LogP contribution is 2.37. The normalized spacial score (nSPS) is 24.8. The number of fused-ring (bicyclic) bond motifs is 1. The maximum atomic E-state index is 10.4. The van der Waals surface area contributed by atoms with Gasteiger partial charge in [0.1, 0.15) is 11.9 Å². The maximum Gasteiger partial charge on any atom is 0.121 e. The number of ether oxygens (including phenoxy) is 1. The van der Waals surface area contributed by atoms with Gasteiger partial charge >= 0.3 is 0 Å². The highest BCUT2D eigenvalue weighted by atomic mass is 16.5. The first kappa shape index (κ1) is 10.8. The fourth-order valence-corrected chi connectivity index (χ4v) is 2.96. The highest BCUT2D eigenvalue weighted by Gasteiger charge is 2.30. The summed E-state index contributed by atoms with van der Waals surface area (Å²) in [5.74, 6) is 0.996. The van der Waals surface area contributed by atoms with E-state index in [2.05, 4.69) is 24.3 Å². The van der Waals surface area contributed by atoms with Gasteiger partial charge < -0.3 is 9.84 Å². The van der Waals surface area contributed by atoms with Gasteiger partial charge in [0, 0.05) is 12.3 Å². The van der Waals surface area contributed by atoms with E-state index in [0.717, 1.165) is 38.0 Å². The molecule has 0 amide bonds. The number of hydrogen-bond donors (Lipinski definition) is 1. The van der Waals surface area contributed by atoms with Crippen molar-refractivity contribution in [2.75, 3.05) is 6.61 Å². The van der Waals surface area contributed by atoms with Gasteiger partial charge in [0.2, 0.25) is 0 Å². The third kappa shape index (κ3) is 1.98. The number of hydrogen-bond acceptors (Lipinski definition) is 2. The molecule has 2 atom stereocenters. The van der Waals surface area contributed by atoms with Crippen molar-refractivity contribution in [3.05, 3.63) is 47.2 Å². The highest BCUT2D eigenvalue weighted by molar-refractivity contribution is 5.35. The Kier molecular flexibility index (Phi) is 2.89. The molecule has 0 saturated heterocycles. The molecule has 2 aliphatic rings. The summed E-state index contributed by atoms with van der Waals surface area (Å²) in [6.45, 7) is 0.723. The summed E-state index contributed by atoms with van der Waals surface area (Å²) in [7, 11) is 0. The Morgan fingerprint density at radius 2 is 2.18 bits per heavy atom. The van der Waals surface area contributed by atoms with E-state index in [1.165, 1.54) is 11.1 Å². The lowest BCUT2D eigenvalue weighted by Crippen LogP contribution is -2.25. The molecule has 90 valence electrons. The first-order valence-electron chi connectivity index (χ1n) is 6.45. The van der Waals surface area contributed by atoms with Crippen LogP contribution in [0.1, 0.15) is 36.3 Å². The second kappa shape index (κ2) is 4.53. The zero-order chi connectivity index (χ0) is 11.7. The maximum absolute atomic E-state index is 10.4. The van der Waals surface area contributed by atoms with Crippen LogP contribution in [0.25, 0.3) is 0 Å². The van der Waals surface area contributed by atoms with Gasteiger partial charge in [-0.3, -0.25) is 0 Å². The molecule has 1 aliphatic carbocycles. The van der Waals surface area contributed by atoms with Gasteiger partial charge in [0.05, 0.1) is 6.61 Å². The standard InChI is InChI=1S/C15H18O2/c16-15(14-9-4-10-17-14)13-8-3-6-11-5-1-2-7-12(11)13/h1-2,5,7,9,13,15-16H,3-4,6,8,10H2. The van der Waals surface area contributed by atoms with E-state index in [1.54, 1.807) is 0 Å². The molecule has 2 heteroatoms. The van der Waals surface area contributed by atoms with E-state index in [4.69, 9.17) is 4.74 Å². The zero-order valence-electron chi connectivity index (χ0n) is 9.93. The van der Waals surface area contributed by atoms with Crippen molar-refractivity contribution in [1.29, 1.82) is 0 Å². The quantitative estimate of drug-likeness (QED) is 0.846. The number of aliphatic hydroxyl groups excluding tert-OH is 1. The van der Waals surface area contributed by atoms with Gasteiger partial charge in [-0.05, 0) is 36.5 Å². The van der Waals surface area contributed by atoms with Gasteiger partial charge in [0.15, 0.2) is 0 Å². The predicted octanol–water partition coefficient (Wildman–Crippen LogP) is 2.77. The molecule has 0 fully saturated rings. The van der Waals surface area contributed by atoms with Gasteiger partial charge in [0.25, 0.3) is 0 Å². The molecule has 1 N–H and O–H groups in total. The van der Waals surface area contributed by atoms with Crippen molar-refractivity contribution in [2.24, 2.45) is 0 Å². The van der Waals surface area contributed by atoms with Gasteiger partial charge in [-0.1, -0.05) is 24.3 Å². The van der Waals surface area contributed by atoms with Crippen LogP contribution in [0.3, 0.4) is 0 Å². The molecule has 0 bridgehead atoms. The first-order chi connectivity index (χ1) is 8.36. The Bertz CT molecular complexity index is 436. The minimum atomic E-state index is -0.459. The third-order valence-electron chi connectivity index (χ3n) is 3.82. The number of aliphatic hydroxyl groups is 1. The topological polar surface area (TPSA) is 29.5 Å². The van der Waals surface area contributed by atoms with Crippen molar-refractivity contribution in [3.63, 3.8) is 0 Å². The Morgan fingerprint density at radius 3 is 3.00 bits per heavy atom. The lowest BCUT2D eigenvalue weighted by molar-refractivity contribution is 0.0929. The number of benzene rings is 1. The van der Waals surface area contributed by atoms with E-state index in [-0.39, 0.29) is 5.92 Å². The van der Waals surface area contributed by atoms with Gasteiger partial charge in [-0.2, -0.15) is 0 Å². The van der Waals surface area contributed by atoms with E-state index < -0.39 is 6.10 Å². The van der Waals surface area contributed by atoms with Crippen LogP contribution < -0.4 is 0 Å². The van der Waals surface area contributed by atoms with Crippen LogP contribution in [-0.4, -0.2) is 17.8 Å². The average molecular weight is 230 g/mol. The van der Waals surface area contributed by atoms with Crippen molar-refractivity contribution in [2.45, 2.75) is 37.7 Å².